The lowest BCUT2D eigenvalue weighted by Gasteiger charge is -2.32. The van der Waals surface area contributed by atoms with Crippen molar-refractivity contribution in [1.29, 1.82) is 0 Å². The number of guanidine groups is 1. The highest BCUT2D eigenvalue weighted by molar-refractivity contribution is 5.93. The molecule has 0 bridgehead atoms. The zero-order valence-corrected chi connectivity index (χ0v) is 24.5. The molecule has 3 rings (SSSR count). The quantitative estimate of drug-likeness (QED) is 0.186. The smallest absolute Gasteiger partial charge is 0.315 e. The number of carbonyl (C=O) groups is 4. The third kappa shape index (κ3) is 10.5. The zero-order chi connectivity index (χ0) is 30.5. The number of benzene rings is 2. The summed E-state index contributed by atoms with van der Waals surface area (Å²) in [6, 6.07) is 15.1. The molecule has 5 unspecified atom stereocenters. The van der Waals surface area contributed by atoms with Crippen LogP contribution in [0.25, 0.3) is 0 Å². The molecule has 0 saturated carbocycles. The summed E-state index contributed by atoms with van der Waals surface area (Å²) in [7, 11) is 0. The fraction of sp³-hybridized carbons (Fsp3) is 0.452. The Morgan fingerprint density at radius 2 is 1.52 bits per heavy atom. The first kappa shape index (κ1) is 32.1. The number of aldehydes is 1. The molecule has 2 aromatic carbocycles. The number of hydrogen-bond donors (Lipinski definition) is 6. The SMILES string of the molecule is CC(C)CC(NC(=O)C(NC(=O)NC(C)Cc1ccccc1)C1CCN=C(N)N1)C(=O)NC(C=O)Cc1ccccc1. The van der Waals surface area contributed by atoms with E-state index in [1.54, 1.807) is 0 Å². The van der Waals surface area contributed by atoms with Gasteiger partial charge in [0.15, 0.2) is 5.96 Å². The van der Waals surface area contributed by atoms with E-state index in [0.29, 0.717) is 38.5 Å². The van der Waals surface area contributed by atoms with E-state index in [2.05, 4.69) is 31.6 Å². The monoisotopic (exact) mass is 577 g/mol. The molecule has 42 heavy (non-hydrogen) atoms. The van der Waals surface area contributed by atoms with Crippen LogP contribution < -0.4 is 32.3 Å². The molecule has 0 aromatic heterocycles. The number of nitrogens with zero attached hydrogens (tertiary/aromatic N) is 1. The highest BCUT2D eigenvalue weighted by Crippen LogP contribution is 2.10. The van der Waals surface area contributed by atoms with Crippen molar-refractivity contribution in [2.24, 2.45) is 16.6 Å². The van der Waals surface area contributed by atoms with E-state index in [4.69, 9.17) is 5.73 Å². The van der Waals surface area contributed by atoms with Crippen LogP contribution in [0.4, 0.5) is 4.79 Å². The second kappa shape index (κ2) is 16.1. The van der Waals surface area contributed by atoms with E-state index in [0.717, 1.165) is 11.1 Å². The molecule has 0 radical (unpaired) electrons. The molecule has 226 valence electrons. The molecule has 0 spiro atoms. The second-order valence-electron chi connectivity index (χ2n) is 11.1. The van der Waals surface area contributed by atoms with Gasteiger partial charge in [0.1, 0.15) is 18.4 Å². The van der Waals surface area contributed by atoms with Gasteiger partial charge in [0.25, 0.3) is 0 Å². The maximum absolute atomic E-state index is 13.7. The van der Waals surface area contributed by atoms with Crippen LogP contribution in [0.1, 0.15) is 44.7 Å². The Balaban J connectivity index is 1.70. The van der Waals surface area contributed by atoms with Gasteiger partial charge in [-0.1, -0.05) is 74.5 Å². The third-order valence-electron chi connectivity index (χ3n) is 6.92. The maximum atomic E-state index is 13.7. The lowest BCUT2D eigenvalue weighted by molar-refractivity contribution is -0.131. The Bertz CT molecular complexity index is 1210. The molecular weight excluding hydrogens is 534 g/mol. The van der Waals surface area contributed by atoms with E-state index in [9.17, 15) is 19.2 Å². The summed E-state index contributed by atoms with van der Waals surface area (Å²) in [6.45, 7) is 6.14. The Kier molecular flexibility index (Phi) is 12.3. The first-order chi connectivity index (χ1) is 20.1. The van der Waals surface area contributed by atoms with Crippen LogP contribution in [-0.2, 0) is 27.2 Å². The number of carbonyl (C=O) groups excluding carboxylic acids is 4. The van der Waals surface area contributed by atoms with Crippen LogP contribution in [0, 0.1) is 5.92 Å². The van der Waals surface area contributed by atoms with E-state index < -0.39 is 42.0 Å². The Labute approximate surface area is 247 Å². The van der Waals surface area contributed by atoms with Gasteiger partial charge < -0.3 is 37.1 Å². The molecule has 7 N–H and O–H groups in total. The minimum Gasteiger partial charge on any atom is -0.370 e. The summed E-state index contributed by atoms with van der Waals surface area (Å²) >= 11 is 0. The van der Waals surface area contributed by atoms with Crippen molar-refractivity contribution in [2.45, 2.75) is 76.7 Å². The van der Waals surface area contributed by atoms with Crippen LogP contribution in [0.15, 0.2) is 65.7 Å². The number of hydrogen-bond acceptors (Lipinski definition) is 7. The largest absolute Gasteiger partial charge is 0.370 e. The third-order valence-corrected chi connectivity index (χ3v) is 6.92. The molecule has 5 atom stereocenters. The van der Waals surface area contributed by atoms with Crippen LogP contribution >= 0.6 is 0 Å². The highest BCUT2D eigenvalue weighted by Gasteiger charge is 2.35. The van der Waals surface area contributed by atoms with Crippen LogP contribution in [0.2, 0.25) is 0 Å². The van der Waals surface area contributed by atoms with Crippen LogP contribution in [-0.4, -0.2) is 66.8 Å². The Morgan fingerprint density at radius 1 is 0.905 bits per heavy atom. The molecule has 11 nitrogen and oxygen atoms in total. The van der Waals surface area contributed by atoms with Crippen LogP contribution in [0.5, 0.6) is 0 Å². The fourth-order valence-corrected chi connectivity index (χ4v) is 4.91. The Morgan fingerprint density at radius 3 is 2.10 bits per heavy atom. The molecule has 4 amide bonds. The van der Waals surface area contributed by atoms with Crippen molar-refractivity contribution in [2.75, 3.05) is 6.54 Å². The van der Waals surface area contributed by atoms with Crippen molar-refractivity contribution in [3.05, 3.63) is 71.8 Å². The summed E-state index contributed by atoms with van der Waals surface area (Å²) in [5.41, 5.74) is 7.86. The van der Waals surface area contributed by atoms with Crippen molar-refractivity contribution < 1.29 is 19.2 Å². The van der Waals surface area contributed by atoms with Gasteiger partial charge in [-0.25, -0.2) is 4.79 Å². The zero-order valence-electron chi connectivity index (χ0n) is 24.5. The molecule has 1 heterocycles. The molecule has 0 aliphatic carbocycles. The molecular formula is C31H43N7O4. The van der Waals surface area contributed by atoms with Crippen molar-refractivity contribution >= 4 is 30.1 Å². The fourth-order valence-electron chi connectivity index (χ4n) is 4.91. The predicted octanol–water partition coefficient (Wildman–Crippen LogP) is 1.42. The van der Waals surface area contributed by atoms with E-state index in [1.165, 1.54) is 0 Å². The first-order valence-electron chi connectivity index (χ1n) is 14.4. The summed E-state index contributed by atoms with van der Waals surface area (Å²) < 4.78 is 0. The summed E-state index contributed by atoms with van der Waals surface area (Å²) in [4.78, 5) is 56.0. The molecule has 1 aliphatic rings. The van der Waals surface area contributed by atoms with Crippen molar-refractivity contribution in [1.82, 2.24) is 26.6 Å². The summed E-state index contributed by atoms with van der Waals surface area (Å²) in [5, 5.41) is 14.2. The Hall–Kier alpha value is -4.41. The lowest BCUT2D eigenvalue weighted by Crippen LogP contribution is -2.64. The highest BCUT2D eigenvalue weighted by atomic mass is 16.2. The number of aliphatic imine (C=N–C) groups is 1. The van der Waals surface area contributed by atoms with Gasteiger partial charge >= 0.3 is 6.03 Å². The second-order valence-corrected chi connectivity index (χ2v) is 11.1. The minimum absolute atomic E-state index is 0.0639. The van der Waals surface area contributed by atoms with E-state index >= 15 is 0 Å². The number of nitrogens with one attached hydrogen (secondary N) is 5. The van der Waals surface area contributed by atoms with Gasteiger partial charge in [0, 0.05) is 12.6 Å². The topological polar surface area (TPSA) is 167 Å². The molecule has 11 heteroatoms. The molecule has 2 aromatic rings. The maximum Gasteiger partial charge on any atom is 0.315 e. The van der Waals surface area contributed by atoms with E-state index in [1.807, 2.05) is 81.4 Å². The van der Waals surface area contributed by atoms with Crippen molar-refractivity contribution in [3.63, 3.8) is 0 Å². The summed E-state index contributed by atoms with van der Waals surface area (Å²) in [6.07, 6.45) is 2.42. The lowest BCUT2D eigenvalue weighted by atomic mass is 9.99. The van der Waals surface area contributed by atoms with Gasteiger partial charge in [-0.05, 0) is 49.7 Å². The average molecular weight is 578 g/mol. The number of urea groups is 1. The first-order valence-corrected chi connectivity index (χ1v) is 14.4. The number of rotatable bonds is 14. The van der Waals surface area contributed by atoms with Gasteiger partial charge in [-0.15, -0.1) is 0 Å². The van der Waals surface area contributed by atoms with Gasteiger partial charge in [-0.2, -0.15) is 0 Å². The predicted molar refractivity (Wildman–Crippen MR) is 163 cm³/mol. The standard InChI is InChI=1S/C31H43N7O4/c1-20(2)16-26(28(40)35-24(19-39)18-23-12-8-5-9-13-23)36-29(41)27(25-14-15-33-30(32)37-25)38-31(42)34-21(3)17-22-10-6-4-7-11-22/h4-13,19-21,24-27H,14-18H2,1-3H3,(H,35,40)(H,36,41)(H3,32,33,37)(H2,34,38,42). The number of nitrogens with two attached hydrogens (primary N) is 1. The van der Waals surface area contributed by atoms with Gasteiger partial charge in [-0.3, -0.25) is 14.6 Å². The van der Waals surface area contributed by atoms with Crippen molar-refractivity contribution in [3.8, 4) is 0 Å². The molecule has 0 fully saturated rings. The number of amides is 4. The molecule has 0 saturated heterocycles. The normalized spacial score (nSPS) is 17.4. The van der Waals surface area contributed by atoms with Crippen LogP contribution in [0.3, 0.4) is 0 Å². The van der Waals surface area contributed by atoms with Gasteiger partial charge in [0.05, 0.1) is 12.1 Å². The minimum atomic E-state index is -1.04. The summed E-state index contributed by atoms with van der Waals surface area (Å²) in [5.74, 6) is -0.772. The molecule has 1 aliphatic heterocycles. The van der Waals surface area contributed by atoms with Gasteiger partial charge in [0.2, 0.25) is 11.8 Å². The average Bonchev–Trinajstić information content (AvgIpc) is 2.95. The van der Waals surface area contributed by atoms with E-state index in [-0.39, 0.29) is 17.9 Å².